The van der Waals surface area contributed by atoms with Crippen molar-refractivity contribution in [2.24, 2.45) is 5.10 Å². The van der Waals surface area contributed by atoms with Crippen LogP contribution in [0.4, 0.5) is 5.69 Å². The van der Waals surface area contributed by atoms with Gasteiger partial charge in [0.05, 0.1) is 27.5 Å². The first-order chi connectivity index (χ1) is 18.3. The van der Waals surface area contributed by atoms with Gasteiger partial charge in [-0.3, -0.25) is 24.3 Å². The van der Waals surface area contributed by atoms with E-state index in [-0.39, 0.29) is 22.9 Å². The topological polar surface area (TPSA) is 119 Å². The highest BCUT2D eigenvalue weighted by molar-refractivity contribution is 7.99. The molecule has 0 saturated carbocycles. The number of rotatable bonds is 7. The molecule has 38 heavy (non-hydrogen) atoms. The zero-order valence-electron chi connectivity index (χ0n) is 20.9. The van der Waals surface area contributed by atoms with E-state index in [0.717, 1.165) is 36.8 Å². The summed E-state index contributed by atoms with van der Waals surface area (Å²) in [6, 6.07) is 13.7. The average Bonchev–Trinajstić information content (AvgIpc) is 3.30. The van der Waals surface area contributed by atoms with Crippen LogP contribution < -0.4 is 11.0 Å². The van der Waals surface area contributed by atoms with E-state index < -0.39 is 4.92 Å². The lowest BCUT2D eigenvalue weighted by Crippen LogP contribution is -2.24. The number of carbonyl (C=O) groups excluding carboxylic acids is 1. The fraction of sp³-hybridized carbons (Fsp3) is 0.259. The standard InChI is InChI=1S/C27H25N5O4S2/c1-16-10-12-19(13-11-16)31-26(34)24-21-8-3-4-9-22(21)38-25(24)28-27(31)37-15-23(33)30-29-17(2)18-6-5-7-20(14-18)32(35)36/h5-7,10-14H,3-4,8-9,15H2,1-2H3,(H,30,33)/b29-17-. The molecule has 0 atom stereocenters. The molecule has 1 aliphatic rings. The number of thiophene rings is 1. The molecule has 2 heterocycles. The van der Waals surface area contributed by atoms with Crippen LogP contribution in [0.15, 0.2) is 63.6 Å². The Kier molecular flexibility index (Phi) is 7.39. The lowest BCUT2D eigenvalue weighted by atomic mass is 9.97. The highest BCUT2D eigenvalue weighted by Crippen LogP contribution is 2.35. The highest BCUT2D eigenvalue weighted by Gasteiger charge is 2.23. The lowest BCUT2D eigenvalue weighted by molar-refractivity contribution is -0.384. The number of aromatic nitrogens is 2. The Bertz CT molecular complexity index is 1640. The lowest BCUT2D eigenvalue weighted by Gasteiger charge is -2.13. The maximum Gasteiger partial charge on any atom is 0.270 e. The largest absolute Gasteiger partial charge is 0.272 e. The van der Waals surface area contributed by atoms with Crippen LogP contribution in [-0.2, 0) is 17.6 Å². The maximum absolute atomic E-state index is 13.8. The number of fused-ring (bicyclic) bond motifs is 3. The van der Waals surface area contributed by atoms with Crippen molar-refractivity contribution in [3.8, 4) is 5.69 Å². The van der Waals surface area contributed by atoms with Crippen LogP contribution in [-0.4, -0.2) is 31.8 Å². The molecule has 0 aliphatic heterocycles. The second-order valence-electron chi connectivity index (χ2n) is 9.09. The van der Waals surface area contributed by atoms with Gasteiger partial charge < -0.3 is 0 Å². The summed E-state index contributed by atoms with van der Waals surface area (Å²) in [5.41, 5.74) is 6.22. The number of amides is 1. The number of benzene rings is 2. The minimum Gasteiger partial charge on any atom is -0.272 e. The quantitative estimate of drug-likeness (QED) is 0.112. The smallest absolute Gasteiger partial charge is 0.270 e. The minimum absolute atomic E-state index is 0.0133. The summed E-state index contributed by atoms with van der Waals surface area (Å²) < 4.78 is 1.60. The van der Waals surface area contributed by atoms with Crippen molar-refractivity contribution in [3.63, 3.8) is 0 Å². The number of nitro benzene ring substituents is 1. The molecule has 0 unspecified atom stereocenters. The van der Waals surface area contributed by atoms with Crippen molar-refractivity contribution < 1.29 is 9.72 Å². The van der Waals surface area contributed by atoms with Crippen molar-refractivity contribution in [2.45, 2.75) is 44.7 Å². The van der Waals surface area contributed by atoms with Crippen LogP contribution >= 0.6 is 23.1 Å². The van der Waals surface area contributed by atoms with Gasteiger partial charge in [-0.15, -0.1) is 11.3 Å². The summed E-state index contributed by atoms with van der Waals surface area (Å²) >= 11 is 2.75. The van der Waals surface area contributed by atoms with Crippen LogP contribution in [0, 0.1) is 17.0 Å². The summed E-state index contributed by atoms with van der Waals surface area (Å²) in [5, 5.41) is 16.3. The molecule has 194 valence electrons. The molecule has 5 rings (SSSR count). The molecule has 0 fully saturated rings. The fourth-order valence-corrected chi connectivity index (χ4v) is 6.53. The number of nitro groups is 1. The zero-order valence-corrected chi connectivity index (χ0v) is 22.5. The third kappa shape index (κ3) is 5.25. The summed E-state index contributed by atoms with van der Waals surface area (Å²) in [6.45, 7) is 3.65. The first-order valence-corrected chi connectivity index (χ1v) is 14.0. The van der Waals surface area contributed by atoms with Gasteiger partial charge in [-0.05, 0) is 57.2 Å². The zero-order chi connectivity index (χ0) is 26.8. The first kappa shape index (κ1) is 25.8. The number of carbonyl (C=O) groups is 1. The molecule has 0 saturated heterocycles. The normalized spacial score (nSPS) is 13.4. The van der Waals surface area contributed by atoms with Crippen molar-refractivity contribution in [1.29, 1.82) is 0 Å². The van der Waals surface area contributed by atoms with Gasteiger partial charge in [0.1, 0.15) is 4.83 Å². The number of hydrogen-bond acceptors (Lipinski definition) is 8. The summed E-state index contributed by atoms with van der Waals surface area (Å²) in [4.78, 5) is 43.8. The number of hydrogen-bond donors (Lipinski definition) is 1. The number of nitrogens with one attached hydrogen (secondary N) is 1. The predicted molar refractivity (Wildman–Crippen MR) is 151 cm³/mol. The summed E-state index contributed by atoms with van der Waals surface area (Å²) in [6.07, 6.45) is 4.03. The Morgan fingerprint density at radius 3 is 2.74 bits per heavy atom. The van der Waals surface area contributed by atoms with E-state index in [0.29, 0.717) is 32.3 Å². The molecular formula is C27H25N5O4S2. The van der Waals surface area contributed by atoms with E-state index in [4.69, 9.17) is 4.98 Å². The Hall–Kier alpha value is -3.83. The molecule has 1 amide bonds. The van der Waals surface area contributed by atoms with E-state index in [1.54, 1.807) is 35.0 Å². The van der Waals surface area contributed by atoms with E-state index in [2.05, 4.69) is 10.5 Å². The van der Waals surface area contributed by atoms with Gasteiger partial charge in [-0.1, -0.05) is 41.6 Å². The number of hydrazone groups is 1. The second-order valence-corrected chi connectivity index (χ2v) is 11.1. The Morgan fingerprint density at radius 1 is 1.21 bits per heavy atom. The summed E-state index contributed by atoms with van der Waals surface area (Å²) in [5.74, 6) is -0.393. The molecule has 2 aromatic carbocycles. The van der Waals surface area contributed by atoms with Crippen molar-refractivity contribution in [3.05, 3.63) is 90.6 Å². The van der Waals surface area contributed by atoms with Crippen LogP contribution in [0.2, 0.25) is 0 Å². The van der Waals surface area contributed by atoms with Gasteiger partial charge >= 0.3 is 0 Å². The van der Waals surface area contributed by atoms with Gasteiger partial charge in [0.25, 0.3) is 17.2 Å². The second kappa shape index (κ2) is 10.9. The third-order valence-electron chi connectivity index (χ3n) is 6.41. The average molecular weight is 548 g/mol. The predicted octanol–water partition coefficient (Wildman–Crippen LogP) is 5.18. The van der Waals surface area contributed by atoms with Crippen LogP contribution in [0.3, 0.4) is 0 Å². The third-order valence-corrected chi connectivity index (χ3v) is 8.53. The van der Waals surface area contributed by atoms with E-state index in [1.165, 1.54) is 28.8 Å². The van der Waals surface area contributed by atoms with Gasteiger partial charge in [-0.25, -0.2) is 10.4 Å². The number of aryl methyl sites for hydroxylation is 3. The van der Waals surface area contributed by atoms with E-state index in [9.17, 15) is 19.7 Å². The molecular weight excluding hydrogens is 522 g/mol. The first-order valence-electron chi connectivity index (χ1n) is 12.2. The van der Waals surface area contributed by atoms with E-state index >= 15 is 0 Å². The van der Waals surface area contributed by atoms with Gasteiger partial charge in [0.2, 0.25) is 0 Å². The Morgan fingerprint density at radius 2 is 1.97 bits per heavy atom. The molecule has 4 aromatic rings. The highest BCUT2D eigenvalue weighted by atomic mass is 32.2. The number of thioether (sulfide) groups is 1. The van der Waals surface area contributed by atoms with Crippen molar-refractivity contribution in [1.82, 2.24) is 15.0 Å². The minimum atomic E-state index is -0.479. The van der Waals surface area contributed by atoms with Gasteiger partial charge in [-0.2, -0.15) is 5.10 Å². The molecule has 9 nitrogen and oxygen atoms in total. The van der Waals surface area contributed by atoms with E-state index in [1.807, 2.05) is 31.2 Å². The monoisotopic (exact) mass is 547 g/mol. The molecule has 1 N–H and O–H groups in total. The Balaban J connectivity index is 1.42. The fourth-order valence-electron chi connectivity index (χ4n) is 4.42. The van der Waals surface area contributed by atoms with Crippen LogP contribution in [0.25, 0.3) is 15.9 Å². The van der Waals surface area contributed by atoms with Crippen molar-refractivity contribution in [2.75, 3.05) is 5.75 Å². The SMILES string of the molecule is C/C(=N/NC(=O)CSc1nc2sc3c(c2c(=O)n1-c1ccc(C)cc1)CCCC3)c1cccc([N+](=O)[O-])c1. The molecule has 0 spiro atoms. The summed E-state index contributed by atoms with van der Waals surface area (Å²) in [7, 11) is 0. The number of non-ortho nitro benzene ring substituents is 1. The molecule has 0 bridgehead atoms. The molecule has 1 aliphatic carbocycles. The van der Waals surface area contributed by atoms with Gasteiger partial charge in [0.15, 0.2) is 5.16 Å². The molecule has 2 aromatic heterocycles. The van der Waals surface area contributed by atoms with Crippen LogP contribution in [0.5, 0.6) is 0 Å². The van der Waals surface area contributed by atoms with Crippen molar-refractivity contribution >= 4 is 50.6 Å². The molecule has 0 radical (unpaired) electrons. The molecule has 11 heteroatoms. The van der Waals surface area contributed by atoms with Crippen LogP contribution in [0.1, 0.15) is 41.3 Å². The maximum atomic E-state index is 13.8. The Labute approximate surface area is 226 Å². The number of nitrogens with zero attached hydrogens (tertiary/aromatic N) is 4. The van der Waals surface area contributed by atoms with Gasteiger partial charge in [0, 0.05) is 22.6 Å².